The van der Waals surface area contributed by atoms with Crippen LogP contribution in [0.5, 0.6) is 5.75 Å². The van der Waals surface area contributed by atoms with Gasteiger partial charge in [0.05, 0.1) is 13.2 Å². The summed E-state index contributed by atoms with van der Waals surface area (Å²) in [4.78, 5) is 70.6. The molecule has 5 rings (SSSR count). The smallest absolute Gasteiger partial charge is 0.289 e. The zero-order valence-corrected chi connectivity index (χ0v) is 23.1. The second kappa shape index (κ2) is 11.3. The standard InChI is InChI=1S/C29H37N5O6/c1-15(2)31-28(38)25(35)21(12-16-10-11-30-26(16)36)33-27(37)24-18-7-4-6-17(18)14-34(24)29(39)22-13-19-20(32-22)8-5-9-23(19)40-3/h5,8-9,13,15-18,21,24,32H,4,6-7,10-12,14H2,1-3H3,(H,30,36)(H,31,38)(H,33,37)/t16-,17-,18-,21-,24-/m0/s1. The Morgan fingerprint density at radius 2 is 1.93 bits per heavy atom. The molecular formula is C29H37N5O6. The van der Waals surface area contributed by atoms with Crippen LogP contribution in [0.1, 0.15) is 56.4 Å². The van der Waals surface area contributed by atoms with E-state index in [1.807, 2.05) is 18.2 Å². The van der Waals surface area contributed by atoms with E-state index in [2.05, 4.69) is 20.9 Å². The third kappa shape index (κ3) is 5.29. The fourth-order valence-corrected chi connectivity index (χ4v) is 6.56. The molecular weight excluding hydrogens is 514 g/mol. The predicted octanol–water partition coefficient (Wildman–Crippen LogP) is 1.52. The number of ketones is 1. The first-order chi connectivity index (χ1) is 19.2. The largest absolute Gasteiger partial charge is 0.496 e. The summed E-state index contributed by atoms with van der Waals surface area (Å²) in [5.41, 5.74) is 1.10. The van der Waals surface area contributed by atoms with E-state index in [-0.39, 0.29) is 36.1 Å². The van der Waals surface area contributed by atoms with Gasteiger partial charge < -0.3 is 30.6 Å². The van der Waals surface area contributed by atoms with Crippen LogP contribution in [0.4, 0.5) is 0 Å². The van der Waals surface area contributed by atoms with Gasteiger partial charge in [-0.3, -0.25) is 24.0 Å². The molecule has 1 aromatic carbocycles. The highest BCUT2D eigenvalue weighted by molar-refractivity contribution is 6.38. The monoisotopic (exact) mass is 551 g/mol. The van der Waals surface area contributed by atoms with Crippen molar-refractivity contribution in [1.29, 1.82) is 0 Å². The number of aromatic amines is 1. The SMILES string of the molecule is COc1cccc2[nH]c(C(=O)N3C[C@@H]4CCC[C@@H]4[C@H]3C(=O)N[C@@H](C[C@@H]3CCNC3=O)C(=O)C(=O)NC(C)C)cc12. The minimum atomic E-state index is -1.17. The number of likely N-dealkylation sites (tertiary alicyclic amines) is 1. The van der Waals surface area contributed by atoms with Gasteiger partial charge >= 0.3 is 0 Å². The van der Waals surface area contributed by atoms with Gasteiger partial charge in [-0.25, -0.2) is 0 Å². The van der Waals surface area contributed by atoms with Crippen LogP contribution in [0.25, 0.3) is 10.9 Å². The van der Waals surface area contributed by atoms with Crippen LogP contribution in [-0.2, 0) is 19.2 Å². The Balaban J connectivity index is 1.40. The van der Waals surface area contributed by atoms with Crippen LogP contribution in [0.15, 0.2) is 24.3 Å². The lowest BCUT2D eigenvalue weighted by Gasteiger charge is -2.29. The molecule has 2 aromatic rings. The molecule has 0 unspecified atom stereocenters. The van der Waals surface area contributed by atoms with Gasteiger partial charge in [0, 0.05) is 36.0 Å². The van der Waals surface area contributed by atoms with Crippen LogP contribution < -0.4 is 20.7 Å². The van der Waals surface area contributed by atoms with E-state index < -0.39 is 35.6 Å². The number of hydrogen-bond acceptors (Lipinski definition) is 6. The molecule has 11 nitrogen and oxygen atoms in total. The summed E-state index contributed by atoms with van der Waals surface area (Å²) in [6.45, 7) is 4.40. The predicted molar refractivity (Wildman–Crippen MR) is 146 cm³/mol. The number of Topliss-reactive ketones (excluding diaryl/α,β-unsaturated/α-hetero) is 1. The van der Waals surface area contributed by atoms with E-state index in [0.717, 1.165) is 30.2 Å². The van der Waals surface area contributed by atoms with Gasteiger partial charge in [-0.05, 0) is 69.6 Å². The number of methoxy groups -OCH3 is 1. The highest BCUT2D eigenvalue weighted by Crippen LogP contribution is 2.43. The summed E-state index contributed by atoms with van der Waals surface area (Å²) in [5.74, 6) is -2.27. The maximum atomic E-state index is 13.9. The molecule has 1 saturated carbocycles. The van der Waals surface area contributed by atoms with E-state index >= 15 is 0 Å². The van der Waals surface area contributed by atoms with Gasteiger partial charge in [0.15, 0.2) is 0 Å². The van der Waals surface area contributed by atoms with Crippen molar-refractivity contribution in [3.63, 3.8) is 0 Å². The quantitative estimate of drug-likeness (QED) is 0.347. The summed E-state index contributed by atoms with van der Waals surface area (Å²) < 4.78 is 5.44. The number of amides is 4. The van der Waals surface area contributed by atoms with Gasteiger partial charge in [0.1, 0.15) is 17.5 Å². The molecule has 1 aromatic heterocycles. The van der Waals surface area contributed by atoms with Crippen molar-refractivity contribution < 1.29 is 28.7 Å². The molecule has 0 spiro atoms. The molecule has 4 amide bonds. The van der Waals surface area contributed by atoms with E-state index in [1.54, 1.807) is 31.9 Å². The highest BCUT2D eigenvalue weighted by Gasteiger charge is 2.50. The van der Waals surface area contributed by atoms with Crippen LogP contribution >= 0.6 is 0 Å². The number of hydrogen-bond donors (Lipinski definition) is 4. The van der Waals surface area contributed by atoms with Gasteiger partial charge in [-0.2, -0.15) is 0 Å². The van der Waals surface area contributed by atoms with Crippen molar-refractivity contribution in [2.45, 2.75) is 64.1 Å². The second-order valence-corrected chi connectivity index (χ2v) is 11.4. The molecule has 0 radical (unpaired) electrons. The molecule has 1 aliphatic carbocycles. The maximum Gasteiger partial charge on any atom is 0.289 e. The fourth-order valence-electron chi connectivity index (χ4n) is 6.56. The molecule has 3 aliphatic rings. The number of benzene rings is 1. The molecule has 40 heavy (non-hydrogen) atoms. The number of carbonyl (C=O) groups is 5. The molecule has 3 heterocycles. The molecule has 5 atom stereocenters. The number of carbonyl (C=O) groups excluding carboxylic acids is 5. The van der Waals surface area contributed by atoms with Crippen molar-refractivity contribution in [2.75, 3.05) is 20.2 Å². The zero-order chi connectivity index (χ0) is 28.6. The van der Waals surface area contributed by atoms with E-state index in [4.69, 9.17) is 4.74 Å². The molecule has 2 aliphatic heterocycles. The minimum absolute atomic E-state index is 0.0263. The lowest BCUT2D eigenvalue weighted by molar-refractivity contribution is -0.141. The number of nitrogens with one attached hydrogen (secondary N) is 4. The first kappa shape index (κ1) is 27.7. The summed E-state index contributed by atoms with van der Waals surface area (Å²) in [6, 6.07) is 5.02. The Morgan fingerprint density at radius 1 is 1.12 bits per heavy atom. The Morgan fingerprint density at radius 3 is 2.62 bits per heavy atom. The number of rotatable bonds is 9. The van der Waals surface area contributed by atoms with Crippen LogP contribution in [-0.4, -0.2) is 77.6 Å². The summed E-state index contributed by atoms with van der Waals surface area (Å²) >= 11 is 0. The van der Waals surface area contributed by atoms with Crippen LogP contribution in [0, 0.1) is 17.8 Å². The van der Waals surface area contributed by atoms with Crippen molar-refractivity contribution in [2.24, 2.45) is 17.8 Å². The summed E-state index contributed by atoms with van der Waals surface area (Å²) in [7, 11) is 1.57. The van der Waals surface area contributed by atoms with Crippen molar-refractivity contribution >= 4 is 40.3 Å². The normalized spacial score (nSPS) is 24.6. The average molecular weight is 552 g/mol. The van der Waals surface area contributed by atoms with Gasteiger partial charge in [0.25, 0.3) is 11.8 Å². The molecule has 2 saturated heterocycles. The molecule has 214 valence electrons. The molecule has 0 bridgehead atoms. The number of H-pyrrole nitrogens is 1. The second-order valence-electron chi connectivity index (χ2n) is 11.4. The zero-order valence-electron chi connectivity index (χ0n) is 23.1. The topological polar surface area (TPSA) is 150 Å². The van der Waals surface area contributed by atoms with Gasteiger partial charge in [-0.1, -0.05) is 12.5 Å². The maximum absolute atomic E-state index is 13.9. The third-order valence-electron chi connectivity index (χ3n) is 8.45. The first-order valence-corrected chi connectivity index (χ1v) is 14.1. The van der Waals surface area contributed by atoms with Gasteiger partial charge in [0.2, 0.25) is 17.6 Å². The van der Waals surface area contributed by atoms with Crippen LogP contribution in [0.3, 0.4) is 0 Å². The highest BCUT2D eigenvalue weighted by atomic mass is 16.5. The van der Waals surface area contributed by atoms with Crippen molar-refractivity contribution in [3.05, 3.63) is 30.0 Å². The first-order valence-electron chi connectivity index (χ1n) is 14.1. The summed E-state index contributed by atoms with van der Waals surface area (Å²) in [5, 5.41) is 8.90. The van der Waals surface area contributed by atoms with Crippen molar-refractivity contribution in [3.8, 4) is 5.75 Å². The number of aromatic nitrogens is 1. The number of fused-ring (bicyclic) bond motifs is 2. The Labute approximate surface area is 232 Å². The van der Waals surface area contributed by atoms with Crippen molar-refractivity contribution in [1.82, 2.24) is 25.8 Å². The Hall–Kier alpha value is -3.89. The van der Waals surface area contributed by atoms with Crippen LogP contribution in [0.2, 0.25) is 0 Å². The Bertz CT molecular complexity index is 1340. The van der Waals surface area contributed by atoms with E-state index in [9.17, 15) is 24.0 Å². The molecule has 3 fully saturated rings. The fraction of sp³-hybridized carbons (Fsp3) is 0.552. The lowest BCUT2D eigenvalue weighted by Crippen LogP contribution is -2.55. The number of nitrogens with zero attached hydrogens (tertiary/aromatic N) is 1. The van der Waals surface area contributed by atoms with E-state index in [0.29, 0.717) is 31.0 Å². The Kier molecular flexibility index (Phi) is 7.82. The number of ether oxygens (including phenoxy) is 1. The lowest BCUT2D eigenvalue weighted by atomic mass is 9.91. The van der Waals surface area contributed by atoms with Gasteiger partial charge in [-0.15, -0.1) is 0 Å². The van der Waals surface area contributed by atoms with E-state index in [1.165, 1.54) is 0 Å². The molecule has 11 heteroatoms. The summed E-state index contributed by atoms with van der Waals surface area (Å²) in [6.07, 6.45) is 3.22. The average Bonchev–Trinajstić information content (AvgIpc) is 3.70. The molecule has 4 N–H and O–H groups in total. The third-order valence-corrected chi connectivity index (χ3v) is 8.45. The minimum Gasteiger partial charge on any atom is -0.496 e.